The zero-order valence-corrected chi connectivity index (χ0v) is 17.1. The third-order valence-corrected chi connectivity index (χ3v) is 7.35. The van der Waals surface area contributed by atoms with Crippen molar-refractivity contribution in [3.63, 3.8) is 0 Å². The number of hydrogen-bond donors (Lipinski definition) is 0. The first kappa shape index (κ1) is 16.2. The van der Waals surface area contributed by atoms with Crippen LogP contribution >= 0.6 is 11.3 Å². The number of nitrogens with zero attached hydrogens (tertiary/aromatic N) is 3. The first-order valence-electron chi connectivity index (χ1n) is 10.0. The fourth-order valence-electron chi connectivity index (χ4n) is 4.80. The van der Waals surface area contributed by atoms with Crippen LogP contribution < -0.4 is 0 Å². The van der Waals surface area contributed by atoms with Gasteiger partial charge in [0.05, 0.1) is 33.3 Å². The molecule has 0 amide bonds. The van der Waals surface area contributed by atoms with E-state index in [0.717, 1.165) is 16.7 Å². The summed E-state index contributed by atoms with van der Waals surface area (Å²) >= 11 is 1.88. The molecule has 3 heterocycles. The van der Waals surface area contributed by atoms with E-state index in [1.807, 2.05) is 17.7 Å². The van der Waals surface area contributed by atoms with Crippen molar-refractivity contribution in [2.24, 2.45) is 7.05 Å². The van der Waals surface area contributed by atoms with E-state index in [-0.39, 0.29) is 0 Å². The summed E-state index contributed by atoms with van der Waals surface area (Å²) in [6, 6.07) is 28.4. The molecule has 0 aliphatic rings. The molecule has 0 bridgehead atoms. The summed E-state index contributed by atoms with van der Waals surface area (Å²) in [5.74, 6) is 0. The summed E-state index contributed by atoms with van der Waals surface area (Å²) in [5, 5.41) is 5.21. The number of thiophene rings is 1. The average molecular weight is 404 g/mol. The molecule has 0 fully saturated rings. The number of rotatable bonds is 1. The SMILES string of the molecule is Cn1cnc2c(-n3c4ccccc4c4ccc5c6ccccc6sc5c43)cccc21. The van der Waals surface area contributed by atoms with Crippen molar-refractivity contribution < 1.29 is 0 Å². The Bertz CT molecular complexity index is 1760. The van der Waals surface area contributed by atoms with Crippen molar-refractivity contribution in [2.45, 2.75) is 0 Å². The summed E-state index contributed by atoms with van der Waals surface area (Å²) in [6.45, 7) is 0. The molecule has 0 aliphatic heterocycles. The van der Waals surface area contributed by atoms with Crippen LogP contribution in [0.2, 0.25) is 0 Å². The van der Waals surface area contributed by atoms with E-state index in [9.17, 15) is 0 Å². The third kappa shape index (κ3) is 1.96. The van der Waals surface area contributed by atoms with E-state index < -0.39 is 0 Å². The van der Waals surface area contributed by atoms with Gasteiger partial charge in [0.15, 0.2) is 0 Å². The molecule has 0 saturated heterocycles. The predicted octanol–water partition coefficient (Wildman–Crippen LogP) is 7.04. The first-order chi connectivity index (χ1) is 14.8. The molecule has 0 aliphatic carbocycles. The molecular formula is C26H17N3S. The Morgan fingerprint density at radius 1 is 0.700 bits per heavy atom. The molecule has 7 aromatic rings. The van der Waals surface area contributed by atoms with Crippen LogP contribution in [-0.2, 0) is 7.05 Å². The smallest absolute Gasteiger partial charge is 0.112 e. The Kier molecular flexibility index (Phi) is 3.08. The minimum absolute atomic E-state index is 1.03. The molecule has 4 heteroatoms. The third-order valence-electron chi connectivity index (χ3n) is 6.15. The van der Waals surface area contributed by atoms with E-state index >= 15 is 0 Å². The van der Waals surface area contributed by atoms with Gasteiger partial charge in [-0.2, -0.15) is 0 Å². The standard InChI is InChI=1S/C26H17N3S/c1-28-15-27-24-21(28)10-6-11-22(24)29-20-9-4-2-7-16(20)18-13-14-19-17-8-3-5-12-23(17)30-26(19)25(18)29/h2-15H,1H3. The highest BCUT2D eigenvalue weighted by molar-refractivity contribution is 7.26. The molecule has 142 valence electrons. The highest BCUT2D eigenvalue weighted by atomic mass is 32.1. The Hall–Kier alpha value is -3.63. The maximum Gasteiger partial charge on any atom is 0.112 e. The maximum absolute atomic E-state index is 4.76. The minimum Gasteiger partial charge on any atom is -0.334 e. The number of para-hydroxylation sites is 2. The van der Waals surface area contributed by atoms with Crippen LogP contribution in [0.5, 0.6) is 0 Å². The van der Waals surface area contributed by atoms with Gasteiger partial charge in [-0.05, 0) is 24.3 Å². The Balaban J connectivity index is 1.77. The van der Waals surface area contributed by atoms with Crippen LogP contribution in [0.1, 0.15) is 0 Å². The monoisotopic (exact) mass is 403 g/mol. The van der Waals surface area contributed by atoms with Gasteiger partial charge in [0.1, 0.15) is 5.52 Å². The van der Waals surface area contributed by atoms with E-state index in [1.165, 1.54) is 42.0 Å². The summed E-state index contributed by atoms with van der Waals surface area (Å²) in [7, 11) is 2.05. The number of benzene rings is 4. The first-order valence-corrected chi connectivity index (χ1v) is 10.9. The topological polar surface area (TPSA) is 22.8 Å². The fourth-order valence-corrected chi connectivity index (χ4v) is 6.04. The average Bonchev–Trinajstić information content (AvgIpc) is 3.45. The van der Waals surface area contributed by atoms with Crippen LogP contribution in [-0.4, -0.2) is 14.1 Å². The van der Waals surface area contributed by atoms with Gasteiger partial charge >= 0.3 is 0 Å². The highest BCUT2D eigenvalue weighted by Crippen LogP contribution is 2.43. The van der Waals surface area contributed by atoms with Gasteiger partial charge < -0.3 is 9.13 Å². The lowest BCUT2D eigenvalue weighted by Crippen LogP contribution is -1.95. The molecular weight excluding hydrogens is 386 g/mol. The highest BCUT2D eigenvalue weighted by Gasteiger charge is 2.19. The van der Waals surface area contributed by atoms with Gasteiger partial charge in [-0.15, -0.1) is 11.3 Å². The fraction of sp³-hybridized carbons (Fsp3) is 0.0385. The molecule has 3 nitrogen and oxygen atoms in total. The van der Waals surface area contributed by atoms with E-state index in [1.54, 1.807) is 0 Å². The van der Waals surface area contributed by atoms with Crippen LogP contribution in [0.25, 0.3) is 58.7 Å². The van der Waals surface area contributed by atoms with Gasteiger partial charge in [0.25, 0.3) is 0 Å². The molecule has 0 atom stereocenters. The molecule has 0 spiro atoms. The lowest BCUT2D eigenvalue weighted by Gasteiger charge is -2.09. The maximum atomic E-state index is 4.76. The summed E-state index contributed by atoms with van der Waals surface area (Å²) in [6.07, 6.45) is 1.90. The van der Waals surface area contributed by atoms with Crippen molar-refractivity contribution in [1.29, 1.82) is 0 Å². The molecule has 3 aromatic heterocycles. The van der Waals surface area contributed by atoms with Crippen molar-refractivity contribution >= 4 is 64.3 Å². The summed E-state index contributed by atoms with van der Waals surface area (Å²) in [5.41, 5.74) is 5.79. The number of imidazole rings is 1. The van der Waals surface area contributed by atoms with E-state index in [4.69, 9.17) is 4.98 Å². The Labute approximate surface area is 176 Å². The lowest BCUT2D eigenvalue weighted by atomic mass is 10.1. The predicted molar refractivity (Wildman–Crippen MR) is 128 cm³/mol. The Morgan fingerprint density at radius 2 is 1.47 bits per heavy atom. The van der Waals surface area contributed by atoms with Crippen molar-refractivity contribution in [1.82, 2.24) is 14.1 Å². The van der Waals surface area contributed by atoms with E-state index in [2.05, 4.69) is 95.0 Å². The quantitative estimate of drug-likeness (QED) is 0.288. The van der Waals surface area contributed by atoms with Gasteiger partial charge in [-0.1, -0.05) is 54.6 Å². The zero-order chi connectivity index (χ0) is 19.8. The van der Waals surface area contributed by atoms with Crippen LogP contribution in [0.15, 0.2) is 85.2 Å². The van der Waals surface area contributed by atoms with Gasteiger partial charge in [0.2, 0.25) is 0 Å². The Morgan fingerprint density at radius 3 is 2.40 bits per heavy atom. The zero-order valence-electron chi connectivity index (χ0n) is 16.3. The largest absolute Gasteiger partial charge is 0.334 e. The molecule has 0 unspecified atom stereocenters. The normalized spacial score (nSPS) is 12.2. The van der Waals surface area contributed by atoms with Gasteiger partial charge in [0, 0.05) is 33.3 Å². The summed E-state index contributed by atoms with van der Waals surface area (Å²) in [4.78, 5) is 4.76. The molecule has 30 heavy (non-hydrogen) atoms. The number of aryl methyl sites for hydroxylation is 1. The van der Waals surface area contributed by atoms with Crippen LogP contribution in [0, 0.1) is 0 Å². The van der Waals surface area contributed by atoms with Crippen molar-refractivity contribution in [3.05, 3.63) is 85.2 Å². The van der Waals surface area contributed by atoms with Crippen molar-refractivity contribution in [3.8, 4) is 5.69 Å². The number of hydrogen-bond acceptors (Lipinski definition) is 2. The molecule has 0 saturated carbocycles. The van der Waals surface area contributed by atoms with Gasteiger partial charge in [-0.3, -0.25) is 0 Å². The number of aromatic nitrogens is 3. The van der Waals surface area contributed by atoms with E-state index in [0.29, 0.717) is 0 Å². The summed E-state index contributed by atoms with van der Waals surface area (Å²) < 4.78 is 7.16. The second-order valence-electron chi connectivity index (χ2n) is 7.79. The molecule has 0 radical (unpaired) electrons. The van der Waals surface area contributed by atoms with Crippen molar-refractivity contribution in [2.75, 3.05) is 0 Å². The van der Waals surface area contributed by atoms with Gasteiger partial charge in [-0.25, -0.2) is 4.98 Å². The van der Waals surface area contributed by atoms with Crippen LogP contribution in [0.4, 0.5) is 0 Å². The molecule has 0 N–H and O–H groups in total. The second kappa shape index (κ2) is 5.71. The lowest BCUT2D eigenvalue weighted by molar-refractivity contribution is 0.948. The minimum atomic E-state index is 1.03. The second-order valence-corrected chi connectivity index (χ2v) is 8.84. The molecule has 7 rings (SSSR count). The number of fused-ring (bicyclic) bond motifs is 8. The van der Waals surface area contributed by atoms with Crippen LogP contribution in [0.3, 0.4) is 0 Å². The molecule has 4 aromatic carbocycles.